The number of hydrogen-bond acceptors (Lipinski definition) is 5. The zero-order valence-electron chi connectivity index (χ0n) is 17.9. The SMILES string of the molecule is CCCCCC(C=CC=CCC=CCC=CCCCC(=O)NCCS(=O)(=O)O)OO. The number of unbranched alkanes of at least 4 members (excludes halogenated alkanes) is 3. The fourth-order valence-corrected chi connectivity index (χ4v) is 2.84. The molecule has 0 bridgehead atoms. The first-order valence-electron chi connectivity index (χ1n) is 10.5. The predicted octanol–water partition coefficient (Wildman–Crippen LogP) is 4.60. The summed E-state index contributed by atoms with van der Waals surface area (Å²) in [7, 11) is -4.03. The van der Waals surface area contributed by atoms with E-state index in [9.17, 15) is 13.2 Å². The van der Waals surface area contributed by atoms with Crippen LogP contribution in [0.2, 0.25) is 0 Å². The van der Waals surface area contributed by atoms with Crippen molar-refractivity contribution in [1.29, 1.82) is 0 Å². The lowest BCUT2D eigenvalue weighted by molar-refractivity contribution is -0.267. The van der Waals surface area contributed by atoms with Crippen molar-refractivity contribution in [3.8, 4) is 0 Å². The van der Waals surface area contributed by atoms with E-state index in [1.807, 2.05) is 36.5 Å². The summed E-state index contributed by atoms with van der Waals surface area (Å²) in [6, 6.07) is 0. The second-order valence-electron chi connectivity index (χ2n) is 6.90. The lowest BCUT2D eigenvalue weighted by atomic mass is 10.1. The molecular formula is C22H37NO6S. The minimum atomic E-state index is -4.03. The van der Waals surface area contributed by atoms with Crippen molar-refractivity contribution in [2.45, 2.75) is 70.8 Å². The molecule has 172 valence electrons. The molecule has 0 heterocycles. The lowest BCUT2D eigenvalue weighted by Crippen LogP contribution is -2.28. The molecule has 0 spiro atoms. The number of amides is 1. The average molecular weight is 444 g/mol. The van der Waals surface area contributed by atoms with Gasteiger partial charge in [-0.1, -0.05) is 74.8 Å². The standard InChI is InChI=1S/C22H37NO6S/c1-2-3-13-16-21(29-25)17-14-11-9-7-5-4-6-8-10-12-15-18-22(24)23-19-20-30(26,27)28/h4-5,8-11,14,17,21,25H,2-3,6-7,12-13,15-16,18-20H2,1H3,(H,23,24)(H,26,27,28). The number of hydrogen-bond donors (Lipinski definition) is 3. The first-order valence-corrected chi connectivity index (χ1v) is 12.1. The number of carbonyl (C=O) groups excluding carboxylic acids is 1. The molecule has 1 amide bonds. The van der Waals surface area contributed by atoms with Gasteiger partial charge in [-0.05, 0) is 32.1 Å². The van der Waals surface area contributed by atoms with Gasteiger partial charge in [0, 0.05) is 13.0 Å². The van der Waals surface area contributed by atoms with E-state index in [0.717, 1.165) is 44.9 Å². The van der Waals surface area contributed by atoms with Crippen molar-refractivity contribution in [1.82, 2.24) is 5.32 Å². The molecule has 0 saturated carbocycles. The third-order valence-electron chi connectivity index (χ3n) is 4.14. The number of allylic oxidation sites excluding steroid dienone is 7. The molecule has 0 rings (SSSR count). The van der Waals surface area contributed by atoms with Crippen LogP contribution in [0.15, 0.2) is 48.6 Å². The molecular weight excluding hydrogens is 406 g/mol. The van der Waals surface area contributed by atoms with E-state index in [2.05, 4.69) is 29.3 Å². The molecule has 8 heteroatoms. The molecule has 30 heavy (non-hydrogen) atoms. The molecule has 1 unspecified atom stereocenters. The Morgan fingerprint density at radius 2 is 1.73 bits per heavy atom. The van der Waals surface area contributed by atoms with Crippen molar-refractivity contribution < 1.29 is 27.9 Å². The van der Waals surface area contributed by atoms with Crippen molar-refractivity contribution in [3.63, 3.8) is 0 Å². The number of nitrogens with one attached hydrogen (secondary N) is 1. The average Bonchev–Trinajstić information content (AvgIpc) is 2.69. The van der Waals surface area contributed by atoms with Gasteiger partial charge in [0.1, 0.15) is 6.10 Å². The maximum absolute atomic E-state index is 11.5. The summed E-state index contributed by atoms with van der Waals surface area (Å²) in [6.07, 6.45) is 23.2. The van der Waals surface area contributed by atoms with Crippen molar-refractivity contribution >= 4 is 16.0 Å². The third-order valence-corrected chi connectivity index (χ3v) is 4.86. The van der Waals surface area contributed by atoms with E-state index in [1.54, 1.807) is 0 Å². The normalized spacial score (nSPS) is 13.8. The van der Waals surface area contributed by atoms with Crippen LogP contribution in [0.3, 0.4) is 0 Å². The molecule has 0 aromatic carbocycles. The van der Waals surface area contributed by atoms with Gasteiger partial charge in [0.05, 0.1) is 5.75 Å². The number of carbonyl (C=O) groups is 1. The monoisotopic (exact) mass is 443 g/mol. The van der Waals surface area contributed by atoms with Gasteiger partial charge in [0.2, 0.25) is 5.91 Å². The Morgan fingerprint density at radius 1 is 1.03 bits per heavy atom. The van der Waals surface area contributed by atoms with Gasteiger partial charge in [-0.15, -0.1) is 0 Å². The van der Waals surface area contributed by atoms with Crippen LogP contribution < -0.4 is 5.32 Å². The zero-order valence-corrected chi connectivity index (χ0v) is 18.7. The van der Waals surface area contributed by atoms with Crippen LogP contribution >= 0.6 is 0 Å². The van der Waals surface area contributed by atoms with E-state index >= 15 is 0 Å². The Bertz CT molecular complexity index is 653. The van der Waals surface area contributed by atoms with E-state index < -0.39 is 15.9 Å². The van der Waals surface area contributed by atoms with E-state index in [-0.39, 0.29) is 18.6 Å². The second kappa shape index (κ2) is 19.2. The highest BCUT2D eigenvalue weighted by Gasteiger charge is 2.05. The highest BCUT2D eigenvalue weighted by molar-refractivity contribution is 7.85. The largest absolute Gasteiger partial charge is 0.355 e. The fraction of sp³-hybridized carbons (Fsp3) is 0.591. The highest BCUT2D eigenvalue weighted by Crippen LogP contribution is 2.07. The topological polar surface area (TPSA) is 113 Å². The molecule has 0 saturated heterocycles. The van der Waals surface area contributed by atoms with Gasteiger partial charge in [-0.3, -0.25) is 14.6 Å². The van der Waals surface area contributed by atoms with Gasteiger partial charge in [0.15, 0.2) is 0 Å². The minimum Gasteiger partial charge on any atom is -0.355 e. The van der Waals surface area contributed by atoms with Gasteiger partial charge in [-0.2, -0.15) is 8.42 Å². The van der Waals surface area contributed by atoms with Crippen LogP contribution in [-0.2, 0) is 19.8 Å². The lowest BCUT2D eigenvalue weighted by Gasteiger charge is -2.07. The summed E-state index contributed by atoms with van der Waals surface area (Å²) in [6.45, 7) is 2.07. The molecule has 0 aromatic heterocycles. The van der Waals surface area contributed by atoms with E-state index in [4.69, 9.17) is 9.81 Å². The van der Waals surface area contributed by atoms with Crippen molar-refractivity contribution in [2.75, 3.05) is 12.3 Å². The summed E-state index contributed by atoms with van der Waals surface area (Å²) >= 11 is 0. The van der Waals surface area contributed by atoms with Crippen LogP contribution in [0.25, 0.3) is 0 Å². The maximum Gasteiger partial charge on any atom is 0.266 e. The van der Waals surface area contributed by atoms with E-state index in [1.165, 1.54) is 0 Å². The summed E-state index contributed by atoms with van der Waals surface area (Å²) < 4.78 is 29.6. The van der Waals surface area contributed by atoms with Gasteiger partial charge >= 0.3 is 0 Å². The Kier molecular flexibility index (Phi) is 18.1. The fourth-order valence-electron chi connectivity index (χ4n) is 2.48. The van der Waals surface area contributed by atoms with Crippen LogP contribution in [0, 0.1) is 0 Å². The molecule has 1 atom stereocenters. The minimum absolute atomic E-state index is 0.0721. The highest BCUT2D eigenvalue weighted by atomic mass is 32.2. The molecule has 0 aromatic rings. The summed E-state index contributed by atoms with van der Waals surface area (Å²) in [4.78, 5) is 15.9. The van der Waals surface area contributed by atoms with Crippen LogP contribution in [0.5, 0.6) is 0 Å². The summed E-state index contributed by atoms with van der Waals surface area (Å²) in [5, 5.41) is 11.3. The smallest absolute Gasteiger partial charge is 0.266 e. The zero-order chi connectivity index (χ0) is 22.5. The maximum atomic E-state index is 11.5. The van der Waals surface area contributed by atoms with Crippen molar-refractivity contribution in [2.24, 2.45) is 0 Å². The van der Waals surface area contributed by atoms with Gasteiger partial charge in [0.25, 0.3) is 10.1 Å². The van der Waals surface area contributed by atoms with Crippen LogP contribution in [0.4, 0.5) is 0 Å². The molecule has 0 aliphatic carbocycles. The molecule has 0 fully saturated rings. The van der Waals surface area contributed by atoms with Crippen molar-refractivity contribution in [3.05, 3.63) is 48.6 Å². The van der Waals surface area contributed by atoms with Crippen LogP contribution in [0.1, 0.15) is 64.7 Å². The summed E-state index contributed by atoms with van der Waals surface area (Å²) in [5.74, 6) is -0.682. The first-order chi connectivity index (χ1) is 14.4. The van der Waals surface area contributed by atoms with Crippen LogP contribution in [-0.4, -0.2) is 42.5 Å². The number of rotatable bonds is 18. The Hall–Kier alpha value is -1.74. The van der Waals surface area contributed by atoms with Gasteiger partial charge < -0.3 is 5.32 Å². The predicted molar refractivity (Wildman–Crippen MR) is 121 cm³/mol. The Balaban J connectivity index is 3.73. The van der Waals surface area contributed by atoms with Gasteiger partial charge in [-0.25, -0.2) is 4.89 Å². The second-order valence-corrected chi connectivity index (χ2v) is 8.47. The molecule has 0 radical (unpaired) electrons. The molecule has 3 N–H and O–H groups in total. The Morgan fingerprint density at radius 3 is 2.40 bits per heavy atom. The quantitative estimate of drug-likeness (QED) is 0.0712. The van der Waals surface area contributed by atoms with E-state index in [0.29, 0.717) is 12.8 Å². The Labute approximate surface area is 181 Å². The third kappa shape index (κ3) is 21.0. The molecule has 0 aliphatic heterocycles. The summed E-state index contributed by atoms with van der Waals surface area (Å²) in [5.41, 5.74) is 0. The molecule has 0 aliphatic rings. The first kappa shape index (κ1) is 28.3. The molecule has 7 nitrogen and oxygen atoms in total.